The van der Waals surface area contributed by atoms with Crippen LogP contribution in [0.4, 0.5) is 0 Å². The Kier molecular flexibility index (Phi) is 6.98. The van der Waals surface area contributed by atoms with E-state index in [1.165, 1.54) is 0 Å². The third-order valence-corrected chi connectivity index (χ3v) is 4.63. The van der Waals surface area contributed by atoms with Crippen LogP contribution in [0.2, 0.25) is 0 Å². The van der Waals surface area contributed by atoms with Crippen molar-refractivity contribution in [2.24, 2.45) is 5.41 Å². The Morgan fingerprint density at radius 3 is 2.39 bits per heavy atom. The van der Waals surface area contributed by atoms with Gasteiger partial charge in [0.05, 0.1) is 19.3 Å². The zero-order valence-corrected chi connectivity index (χ0v) is 14.7. The van der Waals surface area contributed by atoms with E-state index in [2.05, 4.69) is 5.32 Å². The van der Waals surface area contributed by atoms with Crippen LogP contribution in [0, 0.1) is 5.41 Å². The van der Waals surface area contributed by atoms with Crippen molar-refractivity contribution in [2.75, 3.05) is 26.4 Å². The second-order valence-electron chi connectivity index (χ2n) is 6.28. The van der Waals surface area contributed by atoms with Gasteiger partial charge >= 0.3 is 5.97 Å². The van der Waals surface area contributed by atoms with Crippen LogP contribution >= 0.6 is 0 Å². The second-order valence-corrected chi connectivity index (χ2v) is 6.28. The number of ether oxygens (including phenoxy) is 3. The number of carbonyl (C=O) groups is 2. The molecule has 3 unspecified atom stereocenters. The lowest BCUT2D eigenvalue weighted by Crippen LogP contribution is -2.76. The van der Waals surface area contributed by atoms with E-state index in [0.717, 1.165) is 0 Å². The van der Waals surface area contributed by atoms with E-state index in [-0.39, 0.29) is 19.1 Å². The molecule has 1 rings (SSSR count). The molecule has 0 aromatic rings. The Bertz CT molecular complexity index is 425. The van der Waals surface area contributed by atoms with Gasteiger partial charge < -0.3 is 24.6 Å². The SMILES string of the molecule is CCOCCOC(C)C(=O)NC1(C(=O)O)CC(OCC)C1(C)C. The van der Waals surface area contributed by atoms with Crippen LogP contribution in [0.1, 0.15) is 41.0 Å². The Balaban J connectivity index is 2.67. The first-order chi connectivity index (χ1) is 10.7. The van der Waals surface area contributed by atoms with E-state index in [4.69, 9.17) is 14.2 Å². The molecule has 0 saturated heterocycles. The molecule has 0 aromatic heterocycles. The number of amides is 1. The van der Waals surface area contributed by atoms with Crippen LogP contribution in [0.15, 0.2) is 0 Å². The summed E-state index contributed by atoms with van der Waals surface area (Å²) in [6, 6.07) is 0. The van der Waals surface area contributed by atoms with E-state index >= 15 is 0 Å². The average Bonchev–Trinajstić information content (AvgIpc) is 2.49. The molecule has 2 N–H and O–H groups in total. The van der Waals surface area contributed by atoms with Gasteiger partial charge in [-0.1, -0.05) is 13.8 Å². The maximum atomic E-state index is 12.3. The van der Waals surface area contributed by atoms with Crippen LogP contribution in [-0.4, -0.2) is 61.2 Å². The molecule has 3 atom stereocenters. The highest BCUT2D eigenvalue weighted by Gasteiger charge is 2.66. The Morgan fingerprint density at radius 1 is 1.26 bits per heavy atom. The molecule has 1 fully saturated rings. The summed E-state index contributed by atoms with van der Waals surface area (Å²) in [5, 5.41) is 12.3. The van der Waals surface area contributed by atoms with E-state index in [1.54, 1.807) is 20.8 Å². The quantitative estimate of drug-likeness (QED) is 0.584. The largest absolute Gasteiger partial charge is 0.479 e. The molecule has 1 aliphatic carbocycles. The van der Waals surface area contributed by atoms with Crippen molar-refractivity contribution in [3.05, 3.63) is 0 Å². The number of carbonyl (C=O) groups excluding carboxylic acids is 1. The van der Waals surface area contributed by atoms with Crippen LogP contribution in [0.5, 0.6) is 0 Å². The van der Waals surface area contributed by atoms with Crippen molar-refractivity contribution in [2.45, 2.75) is 58.8 Å². The fourth-order valence-corrected chi connectivity index (χ4v) is 2.85. The van der Waals surface area contributed by atoms with Crippen molar-refractivity contribution in [3.8, 4) is 0 Å². The van der Waals surface area contributed by atoms with Crippen LogP contribution in [0.25, 0.3) is 0 Å². The number of carboxylic acid groups (broad SMARTS) is 1. The summed E-state index contributed by atoms with van der Waals surface area (Å²) in [6.45, 7) is 10.7. The lowest BCUT2D eigenvalue weighted by molar-refractivity contribution is -0.196. The van der Waals surface area contributed by atoms with Crippen molar-refractivity contribution in [3.63, 3.8) is 0 Å². The third kappa shape index (κ3) is 4.02. The summed E-state index contributed by atoms with van der Waals surface area (Å²) in [5.41, 5.74) is -2.03. The molecule has 0 aliphatic heterocycles. The Labute approximate surface area is 137 Å². The first-order valence-electron chi connectivity index (χ1n) is 8.09. The van der Waals surface area contributed by atoms with Crippen LogP contribution < -0.4 is 5.32 Å². The predicted molar refractivity (Wildman–Crippen MR) is 84.2 cm³/mol. The molecule has 7 heteroatoms. The van der Waals surface area contributed by atoms with E-state index in [1.807, 2.05) is 13.8 Å². The number of hydrogen-bond donors (Lipinski definition) is 2. The van der Waals surface area contributed by atoms with Gasteiger partial charge in [-0.05, 0) is 20.8 Å². The van der Waals surface area contributed by atoms with Gasteiger partial charge in [-0.3, -0.25) is 4.79 Å². The number of carboxylic acids is 1. The highest BCUT2D eigenvalue weighted by atomic mass is 16.5. The van der Waals surface area contributed by atoms with Crippen molar-refractivity contribution >= 4 is 11.9 Å². The topological polar surface area (TPSA) is 94.1 Å². The summed E-state index contributed by atoms with van der Waals surface area (Å²) in [5.74, 6) is -1.49. The zero-order chi connectivity index (χ0) is 17.7. The van der Waals surface area contributed by atoms with Crippen LogP contribution in [0.3, 0.4) is 0 Å². The number of rotatable bonds is 10. The highest BCUT2D eigenvalue weighted by molar-refractivity contribution is 5.91. The van der Waals surface area contributed by atoms with Gasteiger partial charge in [-0.15, -0.1) is 0 Å². The van der Waals surface area contributed by atoms with Gasteiger partial charge in [0.25, 0.3) is 0 Å². The third-order valence-electron chi connectivity index (χ3n) is 4.63. The molecule has 0 bridgehead atoms. The maximum absolute atomic E-state index is 12.3. The molecule has 0 spiro atoms. The monoisotopic (exact) mass is 331 g/mol. The minimum Gasteiger partial charge on any atom is -0.479 e. The van der Waals surface area contributed by atoms with Gasteiger partial charge in [0.1, 0.15) is 11.6 Å². The summed E-state index contributed by atoms with van der Waals surface area (Å²) in [7, 11) is 0. The van der Waals surface area contributed by atoms with Gasteiger partial charge in [0.2, 0.25) is 5.91 Å². The molecule has 7 nitrogen and oxygen atoms in total. The molecular weight excluding hydrogens is 302 g/mol. The van der Waals surface area contributed by atoms with Crippen LogP contribution in [-0.2, 0) is 23.8 Å². The Hall–Kier alpha value is -1.18. The van der Waals surface area contributed by atoms with Crippen molar-refractivity contribution in [1.29, 1.82) is 0 Å². The zero-order valence-electron chi connectivity index (χ0n) is 14.7. The number of hydrogen-bond acceptors (Lipinski definition) is 5. The lowest BCUT2D eigenvalue weighted by Gasteiger charge is -2.58. The lowest BCUT2D eigenvalue weighted by atomic mass is 9.54. The molecule has 0 radical (unpaired) electrons. The summed E-state index contributed by atoms with van der Waals surface area (Å²) in [6.07, 6.45) is -0.688. The molecule has 0 aromatic carbocycles. The predicted octanol–water partition coefficient (Wildman–Crippen LogP) is 1.20. The normalized spacial score (nSPS) is 27.1. The molecular formula is C16H29NO6. The minimum absolute atomic E-state index is 0.196. The summed E-state index contributed by atoms with van der Waals surface area (Å²) in [4.78, 5) is 24.1. The number of nitrogens with one attached hydrogen (secondary N) is 1. The molecule has 134 valence electrons. The molecule has 23 heavy (non-hydrogen) atoms. The van der Waals surface area contributed by atoms with Gasteiger partial charge in [0, 0.05) is 25.0 Å². The van der Waals surface area contributed by atoms with E-state index in [9.17, 15) is 14.7 Å². The first-order valence-corrected chi connectivity index (χ1v) is 8.09. The first kappa shape index (κ1) is 19.9. The number of aliphatic carboxylic acids is 1. The highest BCUT2D eigenvalue weighted by Crippen LogP contribution is 2.51. The van der Waals surface area contributed by atoms with Crippen molar-refractivity contribution in [1.82, 2.24) is 5.32 Å². The summed E-state index contributed by atoms with van der Waals surface area (Å²) >= 11 is 0. The van der Waals surface area contributed by atoms with Gasteiger partial charge in [0.15, 0.2) is 0 Å². The Morgan fingerprint density at radius 2 is 1.91 bits per heavy atom. The molecule has 1 aliphatic rings. The van der Waals surface area contributed by atoms with Crippen molar-refractivity contribution < 1.29 is 28.9 Å². The molecule has 0 heterocycles. The smallest absolute Gasteiger partial charge is 0.330 e. The average molecular weight is 331 g/mol. The minimum atomic E-state index is -1.33. The second kappa shape index (κ2) is 8.08. The van der Waals surface area contributed by atoms with E-state index < -0.39 is 28.9 Å². The fraction of sp³-hybridized carbons (Fsp3) is 0.875. The van der Waals surface area contributed by atoms with E-state index in [0.29, 0.717) is 19.8 Å². The fourth-order valence-electron chi connectivity index (χ4n) is 2.85. The molecule has 1 saturated carbocycles. The summed E-state index contributed by atoms with van der Waals surface area (Å²) < 4.78 is 16.1. The maximum Gasteiger partial charge on any atom is 0.330 e. The molecule has 1 amide bonds. The van der Waals surface area contributed by atoms with Gasteiger partial charge in [-0.25, -0.2) is 4.79 Å². The van der Waals surface area contributed by atoms with Gasteiger partial charge in [-0.2, -0.15) is 0 Å². The standard InChI is InChI=1S/C16H29NO6/c1-6-21-8-9-23-11(3)13(18)17-16(14(19)20)10-12(22-7-2)15(16,4)5/h11-12H,6-10H2,1-5H3,(H,17,18)(H,19,20).